The van der Waals surface area contributed by atoms with E-state index in [4.69, 9.17) is 14.5 Å². The fourth-order valence-electron chi connectivity index (χ4n) is 4.75. The van der Waals surface area contributed by atoms with Crippen molar-refractivity contribution in [2.75, 3.05) is 18.1 Å². The van der Waals surface area contributed by atoms with Crippen LogP contribution in [0.3, 0.4) is 0 Å². The van der Waals surface area contributed by atoms with Gasteiger partial charge in [0.1, 0.15) is 5.75 Å². The first-order chi connectivity index (χ1) is 17.6. The van der Waals surface area contributed by atoms with Crippen molar-refractivity contribution in [1.29, 1.82) is 0 Å². The van der Waals surface area contributed by atoms with Gasteiger partial charge in [-0.15, -0.1) is 0 Å². The van der Waals surface area contributed by atoms with Crippen LogP contribution in [0.15, 0.2) is 78.9 Å². The number of para-hydroxylation sites is 2. The van der Waals surface area contributed by atoms with Crippen LogP contribution < -0.4 is 9.64 Å². The van der Waals surface area contributed by atoms with E-state index in [1.54, 1.807) is 11.8 Å². The number of hydrogen-bond donors (Lipinski definition) is 0. The Morgan fingerprint density at radius 3 is 2.39 bits per heavy atom. The lowest BCUT2D eigenvalue weighted by Gasteiger charge is -2.38. The molecule has 2 heterocycles. The molecule has 7 heteroatoms. The molecule has 0 spiro atoms. The standard InChI is InChI=1S/C29H29N3O4/c1-3-18-36-22-16-14-21(15-17-22)26-25(28(34)35-4-2)27(33)31(19-20-10-6-5-7-11-20)29-30-23-12-8-9-13-24(23)32(26)29/h5-17,25-26H,3-4,18-19H2,1-2H3/t25-,26-/m1/s1. The highest BCUT2D eigenvalue weighted by Gasteiger charge is 2.47. The maximum absolute atomic E-state index is 14.0. The largest absolute Gasteiger partial charge is 0.494 e. The highest BCUT2D eigenvalue weighted by molar-refractivity contribution is 6.08. The van der Waals surface area contributed by atoms with Crippen LogP contribution in [0, 0.1) is 5.92 Å². The van der Waals surface area contributed by atoms with Gasteiger partial charge in [0.25, 0.3) is 0 Å². The normalized spacial score (nSPS) is 17.2. The fraction of sp³-hybridized carbons (Fsp3) is 0.276. The summed E-state index contributed by atoms with van der Waals surface area (Å²) in [7, 11) is 0. The molecule has 0 radical (unpaired) electrons. The number of benzene rings is 3. The van der Waals surface area contributed by atoms with Gasteiger partial charge in [0.15, 0.2) is 5.92 Å². The van der Waals surface area contributed by atoms with Crippen molar-refractivity contribution in [2.45, 2.75) is 32.9 Å². The predicted molar refractivity (Wildman–Crippen MR) is 138 cm³/mol. The maximum atomic E-state index is 14.0. The molecule has 1 aromatic heterocycles. The number of esters is 1. The molecule has 4 aromatic rings. The number of ether oxygens (including phenoxy) is 2. The Morgan fingerprint density at radius 2 is 1.67 bits per heavy atom. The lowest BCUT2D eigenvalue weighted by molar-refractivity contribution is -0.153. The number of nitrogens with zero attached hydrogens (tertiary/aromatic N) is 3. The first-order valence-electron chi connectivity index (χ1n) is 12.3. The third-order valence-corrected chi connectivity index (χ3v) is 6.36. The van der Waals surface area contributed by atoms with Crippen molar-refractivity contribution in [3.8, 4) is 5.75 Å². The van der Waals surface area contributed by atoms with Crippen LogP contribution in [-0.2, 0) is 20.9 Å². The molecule has 0 saturated heterocycles. The molecule has 1 aliphatic heterocycles. The van der Waals surface area contributed by atoms with E-state index in [0.29, 0.717) is 19.1 Å². The summed E-state index contributed by atoms with van der Waals surface area (Å²) in [6.07, 6.45) is 0.908. The maximum Gasteiger partial charge on any atom is 0.321 e. The van der Waals surface area contributed by atoms with Crippen molar-refractivity contribution >= 4 is 28.9 Å². The van der Waals surface area contributed by atoms with Gasteiger partial charge in [-0.1, -0.05) is 61.5 Å². The molecule has 0 aliphatic carbocycles. The van der Waals surface area contributed by atoms with Crippen molar-refractivity contribution < 1.29 is 19.1 Å². The summed E-state index contributed by atoms with van der Waals surface area (Å²) in [5, 5.41) is 0. The van der Waals surface area contributed by atoms with Crippen LogP contribution >= 0.6 is 0 Å². The number of imidazole rings is 1. The van der Waals surface area contributed by atoms with Crippen LogP contribution in [0.25, 0.3) is 11.0 Å². The van der Waals surface area contributed by atoms with Gasteiger partial charge in [-0.25, -0.2) is 4.98 Å². The molecule has 0 saturated carbocycles. The van der Waals surface area contributed by atoms with Gasteiger partial charge in [0, 0.05) is 0 Å². The number of hydrogen-bond acceptors (Lipinski definition) is 5. The molecule has 3 aromatic carbocycles. The minimum absolute atomic E-state index is 0.190. The van der Waals surface area contributed by atoms with Gasteiger partial charge in [-0.05, 0) is 48.7 Å². The van der Waals surface area contributed by atoms with E-state index in [-0.39, 0.29) is 12.5 Å². The Hall–Kier alpha value is -4.13. The van der Waals surface area contributed by atoms with Crippen molar-refractivity contribution in [3.63, 3.8) is 0 Å². The molecule has 7 nitrogen and oxygen atoms in total. The number of carbonyl (C=O) groups is 2. The average molecular weight is 484 g/mol. The molecular weight excluding hydrogens is 454 g/mol. The second-order valence-electron chi connectivity index (χ2n) is 8.77. The summed E-state index contributed by atoms with van der Waals surface area (Å²) in [5.41, 5.74) is 3.37. The summed E-state index contributed by atoms with van der Waals surface area (Å²) in [5.74, 6) is -0.656. The average Bonchev–Trinajstić information content (AvgIpc) is 3.29. The van der Waals surface area contributed by atoms with Gasteiger partial charge in [-0.2, -0.15) is 0 Å². The van der Waals surface area contributed by atoms with E-state index in [2.05, 4.69) is 6.92 Å². The summed E-state index contributed by atoms with van der Waals surface area (Å²) >= 11 is 0. The molecule has 0 unspecified atom stereocenters. The molecule has 0 N–H and O–H groups in total. The minimum atomic E-state index is -1.05. The first-order valence-corrected chi connectivity index (χ1v) is 12.3. The molecule has 1 aliphatic rings. The van der Waals surface area contributed by atoms with E-state index in [9.17, 15) is 9.59 Å². The lowest BCUT2D eigenvalue weighted by Crippen LogP contribution is -2.49. The molecule has 2 atom stereocenters. The number of fused-ring (bicyclic) bond motifs is 3. The summed E-state index contributed by atoms with van der Waals surface area (Å²) in [6, 6.07) is 24.5. The zero-order valence-corrected chi connectivity index (χ0v) is 20.5. The van der Waals surface area contributed by atoms with Crippen LogP contribution in [0.4, 0.5) is 5.95 Å². The number of anilines is 1. The van der Waals surface area contributed by atoms with Crippen LogP contribution in [0.2, 0.25) is 0 Å². The van der Waals surface area contributed by atoms with E-state index < -0.39 is 17.9 Å². The molecule has 1 amide bonds. The summed E-state index contributed by atoms with van der Waals surface area (Å²) in [6.45, 7) is 4.92. The Bertz CT molecular complexity index is 1360. The van der Waals surface area contributed by atoms with Gasteiger partial charge >= 0.3 is 5.97 Å². The summed E-state index contributed by atoms with van der Waals surface area (Å²) < 4.78 is 13.2. The number of carbonyl (C=O) groups excluding carboxylic acids is 2. The number of amides is 1. The van der Waals surface area contributed by atoms with Crippen LogP contribution in [0.1, 0.15) is 37.4 Å². The molecule has 0 fully saturated rings. The Balaban J connectivity index is 1.68. The summed E-state index contributed by atoms with van der Waals surface area (Å²) in [4.78, 5) is 33.8. The Morgan fingerprint density at radius 1 is 0.944 bits per heavy atom. The predicted octanol–water partition coefficient (Wildman–Crippen LogP) is 5.14. The molecule has 5 rings (SSSR count). The SMILES string of the molecule is CCCOc1ccc([C@@H]2[C@@H](C(=O)OCC)C(=O)N(Cc3ccccc3)c3nc4ccccc4n32)cc1. The topological polar surface area (TPSA) is 73.7 Å². The van der Waals surface area contributed by atoms with Gasteiger partial charge in [0.2, 0.25) is 11.9 Å². The molecule has 0 bridgehead atoms. The zero-order chi connectivity index (χ0) is 25.1. The van der Waals surface area contributed by atoms with Crippen molar-refractivity contribution in [1.82, 2.24) is 9.55 Å². The third kappa shape index (κ3) is 4.33. The number of rotatable bonds is 8. The van der Waals surface area contributed by atoms with Crippen LogP contribution in [-0.4, -0.2) is 34.6 Å². The van der Waals surface area contributed by atoms with E-state index in [1.165, 1.54) is 0 Å². The third-order valence-electron chi connectivity index (χ3n) is 6.36. The molecular formula is C29H29N3O4. The zero-order valence-electron chi connectivity index (χ0n) is 20.5. The van der Waals surface area contributed by atoms with Gasteiger partial charge < -0.3 is 14.0 Å². The number of aromatic nitrogens is 2. The monoisotopic (exact) mass is 483 g/mol. The minimum Gasteiger partial charge on any atom is -0.494 e. The highest BCUT2D eigenvalue weighted by atomic mass is 16.5. The van der Waals surface area contributed by atoms with E-state index in [0.717, 1.165) is 34.3 Å². The van der Waals surface area contributed by atoms with E-state index in [1.807, 2.05) is 83.4 Å². The molecule has 36 heavy (non-hydrogen) atoms. The van der Waals surface area contributed by atoms with Crippen molar-refractivity contribution in [2.24, 2.45) is 5.92 Å². The lowest BCUT2D eigenvalue weighted by atomic mass is 9.89. The van der Waals surface area contributed by atoms with Crippen molar-refractivity contribution in [3.05, 3.63) is 90.0 Å². The second kappa shape index (κ2) is 10.2. The second-order valence-corrected chi connectivity index (χ2v) is 8.77. The van der Waals surface area contributed by atoms with Gasteiger partial charge in [0.05, 0.1) is 36.8 Å². The Kier molecular flexibility index (Phi) is 6.71. The van der Waals surface area contributed by atoms with Crippen LogP contribution in [0.5, 0.6) is 5.75 Å². The fourth-order valence-corrected chi connectivity index (χ4v) is 4.75. The Labute approximate surface area is 210 Å². The van der Waals surface area contributed by atoms with E-state index >= 15 is 0 Å². The first kappa shape index (κ1) is 23.6. The quantitative estimate of drug-likeness (QED) is 0.256. The van der Waals surface area contributed by atoms with Gasteiger partial charge in [-0.3, -0.25) is 14.5 Å². The smallest absolute Gasteiger partial charge is 0.321 e. The highest BCUT2D eigenvalue weighted by Crippen LogP contribution is 2.42. The molecule has 184 valence electrons.